The summed E-state index contributed by atoms with van der Waals surface area (Å²) < 4.78 is 8.25. The predicted molar refractivity (Wildman–Crippen MR) is 201 cm³/mol. The number of carbonyl (C=O) groups is 4. The summed E-state index contributed by atoms with van der Waals surface area (Å²) in [5, 5.41) is 28.0. The van der Waals surface area contributed by atoms with E-state index in [2.05, 4.69) is 26.8 Å². The topological polar surface area (TPSA) is 260 Å². The number of hydrogen-bond acceptors (Lipinski definition) is 13. The van der Waals surface area contributed by atoms with Gasteiger partial charge in [-0.15, -0.1) is 0 Å². The van der Waals surface area contributed by atoms with Crippen molar-refractivity contribution in [2.75, 3.05) is 43.9 Å². The molecule has 3 aromatic heterocycles. The molecule has 288 valence electrons. The van der Waals surface area contributed by atoms with Crippen molar-refractivity contribution in [2.45, 2.75) is 58.5 Å². The Balaban J connectivity index is 0.000000477. The molecule has 18 heteroatoms. The molecule has 1 aliphatic carbocycles. The van der Waals surface area contributed by atoms with E-state index < -0.39 is 23.8 Å². The van der Waals surface area contributed by atoms with Gasteiger partial charge in [-0.05, 0) is 63.1 Å². The molecule has 0 atom stereocenters. The number of piperazine rings is 1. The number of likely N-dealkylation sites (N-methyl/N-ethyl adjacent to an activating group) is 1. The highest BCUT2D eigenvalue weighted by molar-refractivity contribution is 6.00. The number of amides is 1. The standard InChI is InChI=1S/C30H34N10O2.3C2H4O2/c1-37-13-15-38(16-14-37)20-8-10-22(11-9-20)40-28-25(26(31)33-18-34-28)29(36-40)39(21-5-3-2-4-6-21)30-35-23-17-19(27(32)41)7-12-24(23)42-30;3*1-2(3)4/h2-7,12,17-18,20,22H,8-11,13-16H2,1H3,(H2,32,41)(H2,31,33,34);3*1H3,(H,3,4)/t20-,22+;;;. The van der Waals surface area contributed by atoms with Crippen LogP contribution in [-0.4, -0.2) is 113 Å². The molecule has 54 heavy (non-hydrogen) atoms. The summed E-state index contributed by atoms with van der Waals surface area (Å²) >= 11 is 0. The Kier molecular flexibility index (Phi) is 14.0. The number of nitrogen functional groups attached to an aromatic ring is 1. The predicted octanol–water partition coefficient (Wildman–Crippen LogP) is 4.12. The number of anilines is 4. The quantitative estimate of drug-likeness (QED) is 0.164. The van der Waals surface area contributed by atoms with E-state index >= 15 is 0 Å². The smallest absolute Gasteiger partial charge is 0.309 e. The first kappa shape index (κ1) is 40.6. The number of nitrogens with two attached hydrogens (primary N) is 2. The second-order valence-corrected chi connectivity index (χ2v) is 12.8. The van der Waals surface area contributed by atoms with Gasteiger partial charge in [-0.2, -0.15) is 10.1 Å². The lowest BCUT2D eigenvalue weighted by Gasteiger charge is -2.41. The van der Waals surface area contributed by atoms with Crippen molar-refractivity contribution in [3.63, 3.8) is 0 Å². The van der Waals surface area contributed by atoms with Gasteiger partial charge in [-0.1, -0.05) is 18.2 Å². The van der Waals surface area contributed by atoms with Crippen molar-refractivity contribution in [1.82, 2.24) is 34.5 Å². The molecule has 7 N–H and O–H groups in total. The lowest BCUT2D eigenvalue weighted by atomic mass is 9.90. The average Bonchev–Trinajstić information content (AvgIpc) is 3.71. The van der Waals surface area contributed by atoms with Crippen molar-refractivity contribution in [1.29, 1.82) is 0 Å². The van der Waals surface area contributed by atoms with Crippen molar-refractivity contribution in [3.8, 4) is 0 Å². The fraction of sp³-hybridized carbons (Fsp3) is 0.389. The van der Waals surface area contributed by atoms with Crippen LogP contribution in [0.3, 0.4) is 0 Å². The van der Waals surface area contributed by atoms with E-state index in [0.717, 1.165) is 78.3 Å². The summed E-state index contributed by atoms with van der Waals surface area (Å²) in [5.41, 5.74) is 14.9. The lowest BCUT2D eigenvalue weighted by Crippen LogP contribution is -2.49. The number of carboxylic acid groups (broad SMARTS) is 3. The maximum absolute atomic E-state index is 11.8. The van der Waals surface area contributed by atoms with E-state index in [1.54, 1.807) is 18.2 Å². The van der Waals surface area contributed by atoms with Crippen molar-refractivity contribution < 1.29 is 38.9 Å². The summed E-state index contributed by atoms with van der Waals surface area (Å²) in [6.07, 6.45) is 5.72. The SMILES string of the molecule is CC(=O)O.CC(=O)O.CC(=O)O.CN1CCN([C@H]2CC[C@@H](n3nc(N(c4ccccc4)c4nc5cc(C(N)=O)ccc5o4)c4c(N)ncnc43)CC2)CC1. The number of fused-ring (bicyclic) bond motifs is 2. The number of para-hydroxylation sites is 1. The van der Waals surface area contributed by atoms with Crippen molar-refractivity contribution in [2.24, 2.45) is 5.73 Å². The third-order valence-electron chi connectivity index (χ3n) is 8.64. The number of nitrogens with zero attached hydrogens (tertiary/aromatic N) is 8. The van der Waals surface area contributed by atoms with Crippen LogP contribution in [-0.2, 0) is 14.4 Å². The molecule has 1 aliphatic heterocycles. The summed E-state index contributed by atoms with van der Waals surface area (Å²) in [4.78, 5) is 59.4. The zero-order chi connectivity index (χ0) is 39.5. The van der Waals surface area contributed by atoms with Gasteiger partial charge in [-0.3, -0.25) is 24.1 Å². The number of oxazole rings is 1. The van der Waals surface area contributed by atoms with Crippen LogP contribution in [0.2, 0.25) is 0 Å². The number of carboxylic acids is 3. The number of aliphatic carboxylic acids is 3. The first-order valence-electron chi connectivity index (χ1n) is 17.2. The van der Waals surface area contributed by atoms with E-state index in [1.807, 2.05) is 39.9 Å². The minimum atomic E-state index is -0.833. The number of primary amides is 1. The van der Waals surface area contributed by atoms with Crippen LogP contribution < -0.4 is 16.4 Å². The van der Waals surface area contributed by atoms with Gasteiger partial charge in [-0.25, -0.2) is 19.5 Å². The van der Waals surface area contributed by atoms with Crippen molar-refractivity contribution in [3.05, 3.63) is 60.4 Å². The maximum Gasteiger partial charge on any atom is 0.309 e. The van der Waals surface area contributed by atoms with Gasteiger partial charge >= 0.3 is 6.01 Å². The van der Waals surface area contributed by atoms with Gasteiger partial charge < -0.3 is 36.1 Å². The fourth-order valence-corrected chi connectivity index (χ4v) is 6.31. The van der Waals surface area contributed by atoms with E-state index in [0.29, 0.717) is 45.4 Å². The Bertz CT molecular complexity index is 2010. The Morgan fingerprint density at radius 3 is 1.98 bits per heavy atom. The van der Waals surface area contributed by atoms with Crippen LogP contribution in [0.15, 0.2) is 59.3 Å². The molecule has 2 fully saturated rings. The van der Waals surface area contributed by atoms with Crippen LogP contribution >= 0.6 is 0 Å². The van der Waals surface area contributed by atoms with Crippen LogP contribution in [0, 0.1) is 0 Å². The van der Waals surface area contributed by atoms with Gasteiger partial charge in [0, 0.05) is 58.6 Å². The van der Waals surface area contributed by atoms with E-state index in [-0.39, 0.29) is 12.1 Å². The number of benzene rings is 2. The molecule has 18 nitrogen and oxygen atoms in total. The molecule has 0 spiro atoms. The molecule has 1 saturated heterocycles. The molecule has 1 amide bonds. The molecular formula is C36H46N10O8. The molecule has 5 aromatic rings. The highest BCUT2D eigenvalue weighted by Gasteiger charge is 2.33. The minimum Gasteiger partial charge on any atom is -0.481 e. The Labute approximate surface area is 311 Å². The van der Waals surface area contributed by atoms with Crippen LogP contribution in [0.4, 0.5) is 23.3 Å². The monoisotopic (exact) mass is 746 g/mol. The largest absolute Gasteiger partial charge is 0.481 e. The molecule has 0 bridgehead atoms. The van der Waals surface area contributed by atoms with Crippen LogP contribution in [0.25, 0.3) is 22.1 Å². The highest BCUT2D eigenvalue weighted by Crippen LogP contribution is 2.42. The normalized spacial score (nSPS) is 17.2. The molecule has 4 heterocycles. The third kappa shape index (κ3) is 10.7. The van der Waals surface area contributed by atoms with Gasteiger partial charge in [0.2, 0.25) is 5.91 Å². The summed E-state index contributed by atoms with van der Waals surface area (Å²) in [6, 6.07) is 15.7. The maximum atomic E-state index is 11.8. The number of aromatic nitrogens is 5. The Morgan fingerprint density at radius 1 is 0.833 bits per heavy atom. The summed E-state index contributed by atoms with van der Waals surface area (Å²) in [5.74, 6) is -2.16. The molecule has 2 aromatic carbocycles. The van der Waals surface area contributed by atoms with Crippen LogP contribution in [0.1, 0.15) is 62.9 Å². The van der Waals surface area contributed by atoms with E-state index in [1.165, 1.54) is 6.33 Å². The summed E-state index contributed by atoms with van der Waals surface area (Å²) in [6.45, 7) is 7.75. The first-order valence-corrected chi connectivity index (χ1v) is 17.2. The second-order valence-electron chi connectivity index (χ2n) is 12.8. The number of carbonyl (C=O) groups excluding carboxylic acids is 1. The third-order valence-corrected chi connectivity index (χ3v) is 8.64. The van der Waals surface area contributed by atoms with Gasteiger partial charge in [0.25, 0.3) is 17.9 Å². The van der Waals surface area contributed by atoms with Gasteiger partial charge in [0.05, 0.1) is 11.7 Å². The van der Waals surface area contributed by atoms with Gasteiger partial charge in [0.1, 0.15) is 23.0 Å². The zero-order valence-electron chi connectivity index (χ0n) is 30.6. The molecule has 1 saturated carbocycles. The molecule has 7 rings (SSSR count). The summed E-state index contributed by atoms with van der Waals surface area (Å²) in [7, 11) is 2.19. The Morgan fingerprint density at radius 2 is 1.41 bits per heavy atom. The Hall–Kier alpha value is -6.14. The highest BCUT2D eigenvalue weighted by atomic mass is 16.4. The molecule has 0 radical (unpaired) electrons. The minimum absolute atomic E-state index is 0.179. The average molecular weight is 747 g/mol. The number of hydrogen-bond donors (Lipinski definition) is 5. The fourth-order valence-electron chi connectivity index (χ4n) is 6.31. The zero-order valence-corrected chi connectivity index (χ0v) is 30.6. The second kappa shape index (κ2) is 18.6. The number of rotatable bonds is 6. The van der Waals surface area contributed by atoms with Crippen molar-refractivity contribution >= 4 is 69.3 Å². The van der Waals surface area contributed by atoms with E-state index in [4.69, 9.17) is 55.7 Å². The van der Waals surface area contributed by atoms with Gasteiger partial charge in [0.15, 0.2) is 17.0 Å². The molecular weight excluding hydrogens is 700 g/mol. The first-order chi connectivity index (χ1) is 25.7. The molecule has 0 unspecified atom stereocenters. The lowest BCUT2D eigenvalue weighted by molar-refractivity contribution is -0.135. The van der Waals surface area contributed by atoms with E-state index in [9.17, 15) is 4.79 Å². The van der Waals surface area contributed by atoms with Crippen LogP contribution in [0.5, 0.6) is 0 Å². The molecule has 2 aliphatic rings.